The fourth-order valence-corrected chi connectivity index (χ4v) is 3.61. The van der Waals surface area contributed by atoms with Crippen molar-refractivity contribution in [2.45, 2.75) is 32.8 Å². The average Bonchev–Trinajstić information content (AvgIpc) is 2.94. The van der Waals surface area contributed by atoms with E-state index in [9.17, 15) is 9.59 Å². The number of carbonyl (C=O) groups excluding carboxylic acids is 2. The molecular formula is C31H30N2O5. The van der Waals surface area contributed by atoms with Gasteiger partial charge in [-0.3, -0.25) is 4.79 Å². The third kappa shape index (κ3) is 7.20. The van der Waals surface area contributed by atoms with Crippen molar-refractivity contribution in [1.29, 1.82) is 0 Å². The minimum absolute atomic E-state index is 0.374. The van der Waals surface area contributed by atoms with Gasteiger partial charge in [0.2, 0.25) is 0 Å². The van der Waals surface area contributed by atoms with Crippen LogP contribution in [-0.2, 0) is 4.79 Å². The number of carbonyl (C=O) groups is 2. The summed E-state index contributed by atoms with van der Waals surface area (Å²) in [6, 6.07) is 27.2. The van der Waals surface area contributed by atoms with Gasteiger partial charge in [0.15, 0.2) is 6.10 Å². The number of hydrogen-bond acceptors (Lipinski definition) is 6. The van der Waals surface area contributed by atoms with E-state index in [-0.39, 0.29) is 5.91 Å². The summed E-state index contributed by atoms with van der Waals surface area (Å²) in [6.45, 7) is 4.42. The van der Waals surface area contributed by atoms with E-state index in [2.05, 4.69) is 17.5 Å². The fourth-order valence-electron chi connectivity index (χ4n) is 3.61. The van der Waals surface area contributed by atoms with E-state index in [1.165, 1.54) is 6.21 Å². The van der Waals surface area contributed by atoms with Crippen LogP contribution >= 0.6 is 0 Å². The average molecular weight is 511 g/mol. The lowest BCUT2D eigenvalue weighted by Crippen LogP contribution is -2.33. The van der Waals surface area contributed by atoms with Gasteiger partial charge in [0.25, 0.3) is 5.91 Å². The third-order valence-corrected chi connectivity index (χ3v) is 5.76. The molecule has 4 aromatic carbocycles. The normalized spacial score (nSPS) is 11.7. The van der Waals surface area contributed by atoms with Crippen molar-refractivity contribution >= 4 is 28.9 Å². The predicted octanol–water partition coefficient (Wildman–Crippen LogP) is 6.16. The molecule has 4 aromatic rings. The van der Waals surface area contributed by atoms with Crippen molar-refractivity contribution in [3.8, 4) is 17.2 Å². The second kappa shape index (κ2) is 13.1. The highest BCUT2D eigenvalue weighted by atomic mass is 16.5. The topological polar surface area (TPSA) is 86.2 Å². The largest absolute Gasteiger partial charge is 0.494 e. The van der Waals surface area contributed by atoms with Gasteiger partial charge in [0.05, 0.1) is 18.4 Å². The second-order valence-corrected chi connectivity index (χ2v) is 8.66. The van der Waals surface area contributed by atoms with Crippen LogP contribution in [0.2, 0.25) is 0 Å². The van der Waals surface area contributed by atoms with E-state index in [1.54, 1.807) is 55.5 Å². The van der Waals surface area contributed by atoms with E-state index in [0.717, 1.165) is 34.9 Å². The molecule has 0 spiro atoms. The van der Waals surface area contributed by atoms with Gasteiger partial charge in [0, 0.05) is 5.39 Å². The second-order valence-electron chi connectivity index (χ2n) is 8.66. The van der Waals surface area contributed by atoms with E-state index in [0.29, 0.717) is 23.7 Å². The number of hydrazone groups is 1. The minimum atomic E-state index is -0.739. The van der Waals surface area contributed by atoms with Crippen LogP contribution in [-0.4, -0.2) is 30.8 Å². The van der Waals surface area contributed by atoms with Crippen LogP contribution in [0.4, 0.5) is 0 Å². The minimum Gasteiger partial charge on any atom is -0.494 e. The van der Waals surface area contributed by atoms with Crippen LogP contribution in [0.25, 0.3) is 10.8 Å². The zero-order valence-corrected chi connectivity index (χ0v) is 21.4. The summed E-state index contributed by atoms with van der Waals surface area (Å²) in [5.74, 6) is 0.924. The molecule has 7 nitrogen and oxygen atoms in total. The molecule has 0 aliphatic carbocycles. The van der Waals surface area contributed by atoms with Gasteiger partial charge in [-0.2, -0.15) is 5.10 Å². The Morgan fingerprint density at radius 1 is 0.895 bits per heavy atom. The molecule has 194 valence electrons. The highest BCUT2D eigenvalue weighted by Crippen LogP contribution is 2.26. The Bertz CT molecular complexity index is 1390. The van der Waals surface area contributed by atoms with Gasteiger partial charge < -0.3 is 14.2 Å². The molecule has 0 radical (unpaired) electrons. The van der Waals surface area contributed by atoms with Gasteiger partial charge in [0.1, 0.15) is 17.2 Å². The first kappa shape index (κ1) is 26.4. The molecule has 0 fully saturated rings. The Balaban J connectivity index is 1.26. The SMILES string of the molecule is CCCCOc1ccc(C(=O)Oc2ccc(/C=N/NC(=O)C(C)Oc3cccc4ccccc34)cc2)cc1. The van der Waals surface area contributed by atoms with Crippen LogP contribution in [0.1, 0.15) is 42.6 Å². The van der Waals surface area contributed by atoms with Gasteiger partial charge in [-0.1, -0.05) is 49.7 Å². The zero-order valence-electron chi connectivity index (χ0n) is 21.4. The molecule has 1 N–H and O–H groups in total. The number of fused-ring (bicyclic) bond motifs is 1. The predicted molar refractivity (Wildman–Crippen MR) is 148 cm³/mol. The maximum Gasteiger partial charge on any atom is 0.343 e. The molecule has 7 heteroatoms. The van der Waals surface area contributed by atoms with Gasteiger partial charge in [-0.15, -0.1) is 0 Å². The van der Waals surface area contributed by atoms with E-state index in [4.69, 9.17) is 14.2 Å². The lowest BCUT2D eigenvalue weighted by atomic mass is 10.1. The van der Waals surface area contributed by atoms with Crippen LogP contribution in [0, 0.1) is 0 Å². The first-order chi connectivity index (χ1) is 18.5. The summed E-state index contributed by atoms with van der Waals surface area (Å²) in [4.78, 5) is 24.9. The summed E-state index contributed by atoms with van der Waals surface area (Å²) in [7, 11) is 0. The third-order valence-electron chi connectivity index (χ3n) is 5.76. The van der Waals surface area contributed by atoms with Gasteiger partial charge in [-0.05, 0) is 78.9 Å². The van der Waals surface area contributed by atoms with E-state index < -0.39 is 12.1 Å². The molecule has 0 aliphatic heterocycles. The number of esters is 1. The molecule has 1 atom stereocenters. The Labute approximate surface area is 222 Å². The highest BCUT2D eigenvalue weighted by molar-refractivity contribution is 5.91. The molecule has 0 bridgehead atoms. The number of amides is 1. The van der Waals surface area contributed by atoms with Crippen LogP contribution in [0.15, 0.2) is 96.1 Å². The maximum atomic E-state index is 12.5. The van der Waals surface area contributed by atoms with Crippen molar-refractivity contribution in [2.24, 2.45) is 5.10 Å². The molecule has 1 unspecified atom stereocenters. The molecule has 0 heterocycles. The number of nitrogens with one attached hydrogen (secondary N) is 1. The molecule has 0 aliphatic rings. The molecule has 0 saturated heterocycles. The van der Waals surface area contributed by atoms with Gasteiger partial charge in [-0.25, -0.2) is 10.2 Å². The standard InChI is InChI=1S/C31H30N2O5/c1-3-4-20-36-26-18-14-25(15-19-26)31(35)38-27-16-12-23(13-17-27)21-32-33-30(34)22(2)37-29-11-7-9-24-8-5-6-10-28(24)29/h5-19,21-22H,3-4,20H2,1-2H3,(H,33,34)/b32-21+. The smallest absolute Gasteiger partial charge is 0.343 e. The van der Waals surface area contributed by atoms with Crippen LogP contribution in [0.5, 0.6) is 17.2 Å². The summed E-state index contributed by atoms with van der Waals surface area (Å²) in [5, 5.41) is 5.99. The summed E-state index contributed by atoms with van der Waals surface area (Å²) in [6.07, 6.45) is 2.81. The Kier molecular flexibility index (Phi) is 9.07. The quantitative estimate of drug-likeness (QED) is 0.0859. The van der Waals surface area contributed by atoms with E-state index in [1.807, 2.05) is 42.5 Å². The number of hydrogen-bond donors (Lipinski definition) is 1. The molecular weight excluding hydrogens is 480 g/mol. The lowest BCUT2D eigenvalue weighted by Gasteiger charge is -2.14. The maximum absolute atomic E-state index is 12.5. The monoisotopic (exact) mass is 510 g/mol. The van der Waals surface area contributed by atoms with Crippen LogP contribution < -0.4 is 19.6 Å². The first-order valence-electron chi connectivity index (χ1n) is 12.6. The molecule has 38 heavy (non-hydrogen) atoms. The molecule has 0 aromatic heterocycles. The Morgan fingerprint density at radius 3 is 2.37 bits per heavy atom. The fraction of sp³-hybridized carbons (Fsp3) is 0.194. The lowest BCUT2D eigenvalue weighted by molar-refractivity contribution is -0.127. The highest BCUT2D eigenvalue weighted by Gasteiger charge is 2.15. The zero-order chi connectivity index (χ0) is 26.7. The summed E-state index contributed by atoms with van der Waals surface area (Å²) in [5.41, 5.74) is 3.65. The number of rotatable bonds is 11. The number of nitrogens with zero attached hydrogens (tertiary/aromatic N) is 1. The van der Waals surface area contributed by atoms with Crippen molar-refractivity contribution in [1.82, 2.24) is 5.43 Å². The van der Waals surface area contributed by atoms with Crippen molar-refractivity contribution in [3.63, 3.8) is 0 Å². The van der Waals surface area contributed by atoms with Crippen molar-refractivity contribution < 1.29 is 23.8 Å². The number of unbranched alkanes of at least 4 members (excludes halogenated alkanes) is 1. The van der Waals surface area contributed by atoms with Crippen LogP contribution in [0.3, 0.4) is 0 Å². The Hall–Kier alpha value is -4.65. The molecule has 0 saturated carbocycles. The van der Waals surface area contributed by atoms with Gasteiger partial charge >= 0.3 is 5.97 Å². The molecule has 1 amide bonds. The summed E-state index contributed by atoms with van der Waals surface area (Å²) >= 11 is 0. The Morgan fingerprint density at radius 2 is 1.61 bits per heavy atom. The molecule has 4 rings (SSSR count). The number of benzene rings is 4. The summed E-state index contributed by atoms with van der Waals surface area (Å²) < 4.78 is 16.9. The van der Waals surface area contributed by atoms with E-state index >= 15 is 0 Å². The van der Waals surface area contributed by atoms with Crippen molar-refractivity contribution in [2.75, 3.05) is 6.61 Å². The van der Waals surface area contributed by atoms with Crippen molar-refractivity contribution in [3.05, 3.63) is 102 Å². The first-order valence-corrected chi connectivity index (χ1v) is 12.6. The number of ether oxygens (including phenoxy) is 3.